The predicted molar refractivity (Wildman–Crippen MR) is 69.8 cm³/mol. The summed E-state index contributed by atoms with van der Waals surface area (Å²) >= 11 is 0. The van der Waals surface area contributed by atoms with Crippen molar-refractivity contribution in [3.05, 3.63) is 29.8 Å². The van der Waals surface area contributed by atoms with Crippen LogP contribution in [0.4, 0.5) is 0 Å². The Morgan fingerprint density at radius 1 is 1.12 bits per heavy atom. The molecule has 0 fully saturated rings. The SMILES string of the molecule is CC(C)CC(c1ccccc1O)C(C)(C)C. The normalized spacial score (nSPS) is 14.1. The molecule has 0 aliphatic carbocycles. The Bertz CT molecular complexity index is 334. The van der Waals surface area contributed by atoms with Crippen molar-refractivity contribution in [2.75, 3.05) is 0 Å². The largest absolute Gasteiger partial charge is 0.508 e. The zero-order valence-electron chi connectivity index (χ0n) is 11.1. The highest BCUT2D eigenvalue weighted by Crippen LogP contribution is 2.42. The minimum absolute atomic E-state index is 0.184. The molecule has 0 aliphatic heterocycles. The zero-order valence-corrected chi connectivity index (χ0v) is 11.1. The molecule has 1 atom stereocenters. The van der Waals surface area contributed by atoms with Gasteiger partial charge in [0.2, 0.25) is 0 Å². The number of phenols is 1. The van der Waals surface area contributed by atoms with Crippen molar-refractivity contribution in [3.8, 4) is 5.75 Å². The van der Waals surface area contributed by atoms with E-state index in [1.54, 1.807) is 6.07 Å². The van der Waals surface area contributed by atoms with Crippen molar-refractivity contribution in [2.24, 2.45) is 11.3 Å². The van der Waals surface area contributed by atoms with Crippen LogP contribution >= 0.6 is 0 Å². The van der Waals surface area contributed by atoms with E-state index in [1.807, 2.05) is 18.2 Å². The molecule has 0 spiro atoms. The number of aromatic hydroxyl groups is 1. The van der Waals surface area contributed by atoms with E-state index in [2.05, 4.69) is 34.6 Å². The zero-order chi connectivity index (χ0) is 12.3. The lowest BCUT2D eigenvalue weighted by atomic mass is 9.72. The van der Waals surface area contributed by atoms with Gasteiger partial charge >= 0.3 is 0 Å². The Hall–Kier alpha value is -0.980. The van der Waals surface area contributed by atoms with Crippen LogP contribution in [0, 0.1) is 11.3 Å². The van der Waals surface area contributed by atoms with Crippen LogP contribution < -0.4 is 0 Å². The van der Waals surface area contributed by atoms with Gasteiger partial charge < -0.3 is 5.11 Å². The molecule has 16 heavy (non-hydrogen) atoms. The first-order valence-electron chi connectivity index (χ1n) is 6.10. The molecule has 1 heteroatoms. The highest BCUT2D eigenvalue weighted by atomic mass is 16.3. The molecule has 1 nitrogen and oxygen atoms in total. The van der Waals surface area contributed by atoms with E-state index >= 15 is 0 Å². The maximum absolute atomic E-state index is 9.96. The van der Waals surface area contributed by atoms with Gasteiger partial charge in [-0.25, -0.2) is 0 Å². The van der Waals surface area contributed by atoms with Crippen LogP contribution in [-0.4, -0.2) is 5.11 Å². The molecule has 1 N–H and O–H groups in total. The summed E-state index contributed by atoms with van der Waals surface area (Å²) < 4.78 is 0. The lowest BCUT2D eigenvalue weighted by Crippen LogP contribution is -2.20. The minimum atomic E-state index is 0.184. The van der Waals surface area contributed by atoms with E-state index in [0.29, 0.717) is 17.6 Å². The van der Waals surface area contributed by atoms with Gasteiger partial charge in [-0.1, -0.05) is 52.8 Å². The summed E-state index contributed by atoms with van der Waals surface area (Å²) in [6.07, 6.45) is 1.11. The fraction of sp³-hybridized carbons (Fsp3) is 0.600. The molecule has 0 saturated carbocycles. The third kappa shape index (κ3) is 3.26. The van der Waals surface area contributed by atoms with Gasteiger partial charge in [0.1, 0.15) is 5.75 Å². The first-order valence-corrected chi connectivity index (χ1v) is 6.10. The van der Waals surface area contributed by atoms with Crippen LogP contribution in [0.1, 0.15) is 52.5 Å². The molecule has 1 unspecified atom stereocenters. The second-order valence-corrected chi connectivity index (χ2v) is 6.11. The lowest BCUT2D eigenvalue weighted by molar-refractivity contribution is 0.273. The number of hydrogen-bond donors (Lipinski definition) is 1. The molecule has 1 aromatic carbocycles. The van der Waals surface area contributed by atoms with Crippen molar-refractivity contribution in [2.45, 2.75) is 47.0 Å². The van der Waals surface area contributed by atoms with Crippen molar-refractivity contribution in [1.82, 2.24) is 0 Å². The fourth-order valence-corrected chi connectivity index (χ4v) is 2.20. The first kappa shape index (κ1) is 13.1. The third-order valence-corrected chi connectivity index (χ3v) is 3.06. The van der Waals surface area contributed by atoms with Crippen molar-refractivity contribution >= 4 is 0 Å². The third-order valence-electron chi connectivity index (χ3n) is 3.06. The van der Waals surface area contributed by atoms with E-state index in [-0.39, 0.29) is 5.41 Å². The molecule has 0 amide bonds. The summed E-state index contributed by atoms with van der Waals surface area (Å²) in [5.74, 6) is 1.49. The standard InChI is InChI=1S/C15H24O/c1-11(2)10-13(15(3,4)5)12-8-6-7-9-14(12)16/h6-9,11,13,16H,10H2,1-5H3. The van der Waals surface area contributed by atoms with Gasteiger partial charge in [0.25, 0.3) is 0 Å². The number of benzene rings is 1. The summed E-state index contributed by atoms with van der Waals surface area (Å²) in [6, 6.07) is 7.73. The number of rotatable bonds is 3. The second kappa shape index (κ2) is 4.90. The number of para-hydroxylation sites is 1. The van der Waals surface area contributed by atoms with Crippen molar-refractivity contribution < 1.29 is 5.11 Å². The van der Waals surface area contributed by atoms with E-state index < -0.39 is 0 Å². The molecule has 0 saturated heterocycles. The number of phenolic OH excluding ortho intramolecular Hbond substituents is 1. The highest BCUT2D eigenvalue weighted by Gasteiger charge is 2.28. The van der Waals surface area contributed by atoms with Gasteiger partial charge in [0.05, 0.1) is 0 Å². The van der Waals surface area contributed by atoms with Crippen LogP contribution in [0.3, 0.4) is 0 Å². The van der Waals surface area contributed by atoms with Gasteiger partial charge in [-0.2, -0.15) is 0 Å². The summed E-state index contributed by atoms with van der Waals surface area (Å²) in [6.45, 7) is 11.2. The molecule has 0 bridgehead atoms. The average molecular weight is 220 g/mol. The maximum atomic E-state index is 9.96. The van der Waals surface area contributed by atoms with Gasteiger partial charge in [-0.15, -0.1) is 0 Å². The van der Waals surface area contributed by atoms with E-state index in [4.69, 9.17) is 0 Å². The minimum Gasteiger partial charge on any atom is -0.508 e. The van der Waals surface area contributed by atoms with E-state index in [9.17, 15) is 5.11 Å². The Balaban J connectivity index is 3.07. The molecular formula is C15H24O. The average Bonchev–Trinajstić information content (AvgIpc) is 2.13. The van der Waals surface area contributed by atoms with Crippen LogP contribution in [0.25, 0.3) is 0 Å². The Labute approximate surface area is 99.5 Å². The fourth-order valence-electron chi connectivity index (χ4n) is 2.20. The quantitative estimate of drug-likeness (QED) is 0.791. The van der Waals surface area contributed by atoms with Gasteiger partial charge in [0.15, 0.2) is 0 Å². The Morgan fingerprint density at radius 3 is 2.12 bits per heavy atom. The Kier molecular flexibility index (Phi) is 4.01. The van der Waals surface area contributed by atoms with Crippen LogP contribution in [0.5, 0.6) is 5.75 Å². The molecule has 1 rings (SSSR count). The van der Waals surface area contributed by atoms with Gasteiger partial charge in [-0.3, -0.25) is 0 Å². The van der Waals surface area contributed by atoms with Gasteiger partial charge in [0, 0.05) is 0 Å². The molecule has 1 aromatic rings. The monoisotopic (exact) mass is 220 g/mol. The summed E-state index contributed by atoms with van der Waals surface area (Å²) in [5, 5.41) is 9.96. The lowest BCUT2D eigenvalue weighted by Gasteiger charge is -2.33. The Morgan fingerprint density at radius 2 is 1.69 bits per heavy atom. The molecule has 0 heterocycles. The summed E-state index contributed by atoms with van der Waals surface area (Å²) in [4.78, 5) is 0. The highest BCUT2D eigenvalue weighted by molar-refractivity contribution is 5.35. The van der Waals surface area contributed by atoms with E-state index in [1.165, 1.54) is 0 Å². The smallest absolute Gasteiger partial charge is 0.119 e. The molecule has 0 radical (unpaired) electrons. The van der Waals surface area contributed by atoms with Crippen LogP contribution in [0.2, 0.25) is 0 Å². The summed E-state index contributed by atoms with van der Waals surface area (Å²) in [7, 11) is 0. The van der Waals surface area contributed by atoms with E-state index in [0.717, 1.165) is 12.0 Å². The van der Waals surface area contributed by atoms with Crippen LogP contribution in [-0.2, 0) is 0 Å². The molecule has 0 aromatic heterocycles. The molecule has 0 aliphatic rings. The molecule has 90 valence electrons. The van der Waals surface area contributed by atoms with Crippen molar-refractivity contribution in [1.29, 1.82) is 0 Å². The number of hydrogen-bond acceptors (Lipinski definition) is 1. The summed E-state index contributed by atoms with van der Waals surface area (Å²) in [5.41, 5.74) is 1.27. The van der Waals surface area contributed by atoms with Crippen molar-refractivity contribution in [3.63, 3.8) is 0 Å². The van der Waals surface area contributed by atoms with Crippen LogP contribution in [0.15, 0.2) is 24.3 Å². The maximum Gasteiger partial charge on any atom is 0.119 e. The predicted octanol–water partition coefficient (Wildman–Crippen LogP) is 4.57. The first-order chi connectivity index (χ1) is 7.32. The topological polar surface area (TPSA) is 20.2 Å². The second-order valence-electron chi connectivity index (χ2n) is 6.11. The molecular weight excluding hydrogens is 196 g/mol. The van der Waals surface area contributed by atoms with Gasteiger partial charge in [-0.05, 0) is 35.3 Å².